The van der Waals surface area contributed by atoms with E-state index in [0.717, 1.165) is 21.6 Å². The molecule has 0 saturated carbocycles. The Morgan fingerprint density at radius 3 is 1.90 bits per heavy atom. The van der Waals surface area contributed by atoms with Gasteiger partial charge in [0.05, 0.1) is 6.54 Å². The number of rotatable bonds is 15. The molecule has 2 aliphatic rings. The van der Waals surface area contributed by atoms with Gasteiger partial charge in [0.15, 0.2) is 11.9 Å². The normalized spacial score (nSPS) is 25.2. The van der Waals surface area contributed by atoms with Gasteiger partial charge in [-0.25, -0.2) is 0 Å². The van der Waals surface area contributed by atoms with Crippen molar-refractivity contribution in [2.75, 3.05) is 43.9 Å². The van der Waals surface area contributed by atoms with Crippen LogP contribution in [0.3, 0.4) is 0 Å². The summed E-state index contributed by atoms with van der Waals surface area (Å²) in [5, 5.41) is 18.7. The molecule has 0 aromatic heterocycles. The molecule has 384 valence electrons. The number of thioether (sulfide) groups is 1. The number of primary amides is 1. The van der Waals surface area contributed by atoms with Crippen molar-refractivity contribution in [3.63, 3.8) is 0 Å². The van der Waals surface area contributed by atoms with Crippen molar-refractivity contribution in [3.05, 3.63) is 0 Å². The molecule has 7 atom stereocenters. The summed E-state index contributed by atoms with van der Waals surface area (Å²) in [6.45, 7) is 7.99. The van der Waals surface area contributed by atoms with Gasteiger partial charge in [-0.3, -0.25) is 53.1 Å². The molecule has 0 unspecified atom stereocenters. The van der Waals surface area contributed by atoms with Crippen molar-refractivity contribution >= 4 is 98.4 Å². The summed E-state index contributed by atoms with van der Waals surface area (Å²) in [6.07, 6.45) is 3.96. The molecule has 0 aromatic rings. The number of carbonyl (C=O) groups excluding carboxylic acids is 9. The molecular weight excluding hydrogens is 943 g/mol. The molecule has 0 radical (unpaired) electrons. The predicted octanol–water partition coefficient (Wildman–Crippen LogP) is -3.02. The van der Waals surface area contributed by atoms with Gasteiger partial charge in [-0.2, -0.15) is 11.8 Å². The molecule has 9 amide bonds. The number of nitrogens with zero attached hydrogens (tertiary/aromatic N) is 3. The minimum absolute atomic E-state index is 0.00159. The van der Waals surface area contributed by atoms with Gasteiger partial charge < -0.3 is 70.8 Å². The third-order valence-corrected chi connectivity index (χ3v) is 14.7. The fourth-order valence-corrected chi connectivity index (χ4v) is 10.6. The molecule has 24 nitrogen and oxygen atoms in total. The smallest absolute Gasteiger partial charge is 0.245 e. The van der Waals surface area contributed by atoms with E-state index in [1.54, 1.807) is 13.8 Å². The largest absolute Gasteiger partial charge is 0.370 e. The molecule has 17 N–H and O–H groups in total. The number of amides is 9. The van der Waals surface area contributed by atoms with Crippen LogP contribution in [0.2, 0.25) is 0 Å². The number of carbonyl (C=O) groups is 9. The Morgan fingerprint density at radius 2 is 1.34 bits per heavy atom. The summed E-state index contributed by atoms with van der Waals surface area (Å²) >= 11 is 1.44. The van der Waals surface area contributed by atoms with Crippen molar-refractivity contribution in [2.45, 2.75) is 139 Å². The molecule has 68 heavy (non-hydrogen) atoms. The van der Waals surface area contributed by atoms with E-state index >= 15 is 0 Å². The number of hydrogen-bond acceptors (Lipinski definition) is 14. The zero-order valence-corrected chi connectivity index (χ0v) is 42.3. The average Bonchev–Trinajstić information content (AvgIpc) is 3.26. The Bertz CT molecular complexity index is 1830. The van der Waals surface area contributed by atoms with Crippen LogP contribution in [0.15, 0.2) is 9.98 Å². The highest BCUT2D eigenvalue weighted by Gasteiger charge is 2.42. The lowest BCUT2D eigenvalue weighted by Crippen LogP contribution is -2.62. The van der Waals surface area contributed by atoms with Crippen molar-refractivity contribution < 1.29 is 43.2 Å². The molecule has 2 heterocycles. The molecule has 2 fully saturated rings. The van der Waals surface area contributed by atoms with E-state index in [9.17, 15) is 43.2 Å². The maximum absolute atomic E-state index is 14.6. The minimum Gasteiger partial charge on any atom is -0.370 e. The Balaban J connectivity index is 2.71. The Labute approximate surface area is 410 Å². The molecule has 0 spiro atoms. The van der Waals surface area contributed by atoms with Crippen LogP contribution in [0.25, 0.3) is 0 Å². The van der Waals surface area contributed by atoms with Gasteiger partial charge in [-0.1, -0.05) is 35.4 Å². The van der Waals surface area contributed by atoms with Crippen LogP contribution in [0.4, 0.5) is 0 Å². The van der Waals surface area contributed by atoms with E-state index in [1.807, 2.05) is 20.1 Å². The lowest BCUT2D eigenvalue weighted by Gasteiger charge is -2.38. The molecule has 2 rings (SSSR count). The zero-order valence-electron chi connectivity index (χ0n) is 39.9. The van der Waals surface area contributed by atoms with Gasteiger partial charge in [0.1, 0.15) is 42.3 Å². The second kappa shape index (κ2) is 29.7. The standard InChI is InChI=1S/C41H73N15O9S3/c1-22(2)19-27-35(62)52-24(11-9-15-47-39(43)44)33(60)49-20-30(58)51-28(32(42)59)21-67-68-41(4,5)31(50-23(3)57)37(64)54-26(14-18-66-6)38(65)56-17-8-7-13-29(56)36(63)53-25(34(61)55-27)12-10-16-48-40(45)46/h22,24-29,31H,7-21H2,1-6H3,(H2,42,59)(H,49,60)(H,50,57)(H,51,58)(H,52,62)(H,53,63)(H,54,64)(H,55,61)(H4,43,44,47)(H4,45,46,48)/t24-,25-,26-,27-,28-,29-,31-/m0/s1. The number of fused-ring (bicyclic) bond motifs is 1. The number of guanidine groups is 2. The number of aliphatic imine (C=N–C) groups is 2. The van der Waals surface area contributed by atoms with Crippen molar-refractivity contribution in [1.82, 2.24) is 42.1 Å². The zero-order chi connectivity index (χ0) is 51.1. The van der Waals surface area contributed by atoms with Gasteiger partial charge >= 0.3 is 0 Å². The average molecular weight is 1020 g/mol. The molecular formula is C41H73N15O9S3. The molecule has 27 heteroatoms. The molecule has 0 aliphatic carbocycles. The maximum atomic E-state index is 14.6. The van der Waals surface area contributed by atoms with Gasteiger partial charge in [0.25, 0.3) is 0 Å². The Kier molecular flexibility index (Phi) is 25.7. The van der Waals surface area contributed by atoms with Crippen LogP contribution in [0, 0.1) is 5.92 Å². The summed E-state index contributed by atoms with van der Waals surface area (Å²) in [5.41, 5.74) is 27.7. The van der Waals surface area contributed by atoms with Gasteiger partial charge in [0.2, 0.25) is 53.2 Å². The number of piperidine rings is 1. The first-order valence-corrected chi connectivity index (χ1v) is 26.2. The number of hydrogen-bond donors (Lipinski definition) is 12. The third kappa shape index (κ3) is 21.0. The highest BCUT2D eigenvalue weighted by atomic mass is 33.1. The van der Waals surface area contributed by atoms with E-state index in [0.29, 0.717) is 18.6 Å². The SMILES string of the molecule is CSCC[C@@H]1NC(=O)[C@H](NC(C)=O)C(C)(C)SSC[C@@H](C(N)=O)NC(=O)CNC(=O)[C@H](CCCN=C(N)N)NC(=O)[C@H](CC(C)C)NC(=O)[C@H](CCCN=C(N)N)NC(=O)[C@@H]2CCCCN2C1=O. The fraction of sp³-hybridized carbons (Fsp3) is 0.732. The van der Waals surface area contributed by atoms with Crippen LogP contribution >= 0.6 is 33.3 Å². The van der Waals surface area contributed by atoms with E-state index in [1.165, 1.54) is 23.6 Å². The van der Waals surface area contributed by atoms with Gasteiger partial charge in [0, 0.05) is 37.1 Å². The second-order valence-corrected chi connectivity index (χ2v) is 21.4. The summed E-state index contributed by atoms with van der Waals surface area (Å²) in [7, 11) is 2.21. The molecule has 0 aromatic carbocycles. The maximum Gasteiger partial charge on any atom is 0.245 e. The van der Waals surface area contributed by atoms with Gasteiger partial charge in [-0.05, 0) is 89.6 Å². The second-order valence-electron chi connectivity index (χ2n) is 17.4. The summed E-state index contributed by atoms with van der Waals surface area (Å²) in [4.78, 5) is 133. The first-order chi connectivity index (χ1) is 32.0. The van der Waals surface area contributed by atoms with Crippen LogP contribution in [-0.4, -0.2) is 161 Å². The lowest BCUT2D eigenvalue weighted by atomic mass is 9.97. The quantitative estimate of drug-likeness (QED) is 0.0336. The highest BCUT2D eigenvalue weighted by Crippen LogP contribution is 2.39. The number of nitrogens with one attached hydrogen (secondary N) is 7. The van der Waals surface area contributed by atoms with Crippen LogP contribution in [0.1, 0.15) is 92.4 Å². The van der Waals surface area contributed by atoms with E-state index in [2.05, 4.69) is 47.2 Å². The molecule has 0 bridgehead atoms. The van der Waals surface area contributed by atoms with Crippen molar-refractivity contribution in [2.24, 2.45) is 44.6 Å². The molecule has 2 aliphatic heterocycles. The van der Waals surface area contributed by atoms with Crippen molar-refractivity contribution in [3.8, 4) is 0 Å². The number of nitrogens with two attached hydrogens (primary N) is 5. The van der Waals surface area contributed by atoms with E-state index < -0.39 is 107 Å². The van der Waals surface area contributed by atoms with Crippen molar-refractivity contribution in [1.29, 1.82) is 0 Å². The van der Waals surface area contributed by atoms with E-state index in [4.69, 9.17) is 28.7 Å². The topological polar surface area (TPSA) is 396 Å². The Hall–Kier alpha value is -5.18. The highest BCUT2D eigenvalue weighted by molar-refractivity contribution is 8.77. The first kappa shape index (κ1) is 58.9. The van der Waals surface area contributed by atoms with E-state index in [-0.39, 0.29) is 88.2 Å². The monoisotopic (exact) mass is 1020 g/mol. The third-order valence-electron chi connectivity index (χ3n) is 10.7. The minimum atomic E-state index is -1.26. The summed E-state index contributed by atoms with van der Waals surface area (Å²) in [6, 6.07) is -8.35. The van der Waals surface area contributed by atoms with Crippen LogP contribution < -0.4 is 65.9 Å². The Morgan fingerprint density at radius 1 is 0.779 bits per heavy atom. The van der Waals surface area contributed by atoms with Crippen LogP contribution in [-0.2, 0) is 43.2 Å². The summed E-state index contributed by atoms with van der Waals surface area (Å²) < 4.78 is -1.10. The van der Waals surface area contributed by atoms with Gasteiger partial charge in [-0.15, -0.1) is 0 Å². The fourth-order valence-electron chi connectivity index (χ4n) is 7.27. The molecule has 2 saturated heterocycles. The lowest BCUT2D eigenvalue weighted by molar-refractivity contribution is -0.146. The van der Waals surface area contributed by atoms with Crippen LogP contribution in [0.5, 0.6) is 0 Å². The summed E-state index contributed by atoms with van der Waals surface area (Å²) in [5.74, 6) is -6.46. The first-order valence-electron chi connectivity index (χ1n) is 22.5. The predicted molar refractivity (Wildman–Crippen MR) is 265 cm³/mol.